The van der Waals surface area contributed by atoms with Crippen molar-refractivity contribution in [2.75, 3.05) is 7.11 Å². The molecular weight excluding hydrogens is 594 g/mol. The molecule has 0 aliphatic rings. The topological polar surface area (TPSA) is 55.8 Å². The molecule has 0 aliphatic heterocycles. The molecule has 0 heterocycles. The van der Waals surface area contributed by atoms with Gasteiger partial charge >= 0.3 is 5.97 Å². The summed E-state index contributed by atoms with van der Waals surface area (Å²) >= 11 is 4.55. The Morgan fingerprint density at radius 1 is 0.966 bits per heavy atom. The van der Waals surface area contributed by atoms with E-state index in [2.05, 4.69) is 59.0 Å². The SMILES string of the molecule is COc1ccc(Oc2ccc(-c3cccc(C(=O)O)c3)c(I)c2I)cc1C(C)C. The van der Waals surface area contributed by atoms with Crippen molar-refractivity contribution >= 4 is 51.2 Å². The average molecular weight is 614 g/mol. The minimum Gasteiger partial charge on any atom is -0.496 e. The second-order valence-corrected chi connectivity index (χ2v) is 8.94. The summed E-state index contributed by atoms with van der Waals surface area (Å²) in [6.07, 6.45) is 0. The van der Waals surface area contributed by atoms with Gasteiger partial charge in [-0.15, -0.1) is 0 Å². The van der Waals surface area contributed by atoms with Crippen LogP contribution in [-0.2, 0) is 0 Å². The van der Waals surface area contributed by atoms with Crippen molar-refractivity contribution < 1.29 is 19.4 Å². The fourth-order valence-corrected chi connectivity index (χ4v) is 4.34. The second-order valence-electron chi connectivity index (χ2n) is 6.79. The summed E-state index contributed by atoms with van der Waals surface area (Å²) in [5.41, 5.74) is 3.21. The van der Waals surface area contributed by atoms with Crippen molar-refractivity contribution in [3.63, 3.8) is 0 Å². The minimum atomic E-state index is -0.933. The molecule has 1 N–H and O–H groups in total. The van der Waals surface area contributed by atoms with Crippen LogP contribution in [0.4, 0.5) is 0 Å². The molecule has 3 aromatic rings. The molecule has 29 heavy (non-hydrogen) atoms. The first kappa shape index (κ1) is 21.9. The summed E-state index contributed by atoms with van der Waals surface area (Å²) in [5, 5.41) is 9.25. The smallest absolute Gasteiger partial charge is 0.335 e. The van der Waals surface area contributed by atoms with Gasteiger partial charge in [0, 0.05) is 9.13 Å². The molecule has 6 heteroatoms. The number of halogens is 2. The van der Waals surface area contributed by atoms with Crippen LogP contribution in [-0.4, -0.2) is 18.2 Å². The number of carboxylic acids is 1. The van der Waals surface area contributed by atoms with Gasteiger partial charge in [-0.2, -0.15) is 0 Å². The number of carbonyl (C=O) groups is 1. The lowest BCUT2D eigenvalue weighted by atomic mass is 10.0. The molecule has 0 fully saturated rings. The number of hydrogen-bond acceptors (Lipinski definition) is 3. The van der Waals surface area contributed by atoms with Gasteiger partial charge in [0.1, 0.15) is 17.2 Å². The lowest BCUT2D eigenvalue weighted by Gasteiger charge is -2.16. The van der Waals surface area contributed by atoms with Crippen LogP contribution in [0.25, 0.3) is 11.1 Å². The molecule has 0 amide bonds. The van der Waals surface area contributed by atoms with Gasteiger partial charge in [-0.05, 0) is 105 Å². The van der Waals surface area contributed by atoms with Crippen LogP contribution < -0.4 is 9.47 Å². The molecule has 0 radical (unpaired) electrons. The normalized spacial score (nSPS) is 10.8. The molecule has 0 spiro atoms. The molecule has 3 aromatic carbocycles. The van der Waals surface area contributed by atoms with Gasteiger partial charge in [0.05, 0.1) is 16.2 Å². The second kappa shape index (κ2) is 9.34. The molecule has 150 valence electrons. The average Bonchev–Trinajstić information content (AvgIpc) is 2.71. The summed E-state index contributed by atoms with van der Waals surface area (Å²) in [5.74, 6) is 1.75. The highest BCUT2D eigenvalue weighted by Gasteiger charge is 2.15. The van der Waals surface area contributed by atoms with Crippen molar-refractivity contribution in [1.29, 1.82) is 0 Å². The number of aromatic carboxylic acids is 1. The van der Waals surface area contributed by atoms with E-state index in [0.29, 0.717) is 5.92 Å². The Kier molecular flexibility index (Phi) is 7.05. The zero-order valence-corrected chi connectivity index (χ0v) is 20.5. The summed E-state index contributed by atoms with van der Waals surface area (Å²) in [6, 6.07) is 16.7. The molecule has 0 bridgehead atoms. The van der Waals surface area contributed by atoms with Crippen molar-refractivity contribution in [2.24, 2.45) is 0 Å². The fourth-order valence-electron chi connectivity index (χ4n) is 3.01. The van der Waals surface area contributed by atoms with Gasteiger partial charge < -0.3 is 14.6 Å². The number of methoxy groups -OCH3 is 1. The van der Waals surface area contributed by atoms with Crippen molar-refractivity contribution in [2.45, 2.75) is 19.8 Å². The Morgan fingerprint density at radius 2 is 1.69 bits per heavy atom. The van der Waals surface area contributed by atoms with E-state index in [-0.39, 0.29) is 5.56 Å². The highest BCUT2D eigenvalue weighted by Crippen LogP contribution is 2.38. The number of hydrogen-bond donors (Lipinski definition) is 1. The van der Waals surface area contributed by atoms with Crippen LogP contribution in [0.2, 0.25) is 0 Å². The van der Waals surface area contributed by atoms with Gasteiger partial charge in [-0.3, -0.25) is 0 Å². The Morgan fingerprint density at radius 3 is 2.34 bits per heavy atom. The molecule has 0 aromatic heterocycles. The highest BCUT2D eigenvalue weighted by atomic mass is 127. The number of benzene rings is 3. The fraction of sp³-hybridized carbons (Fsp3) is 0.174. The zero-order chi connectivity index (χ0) is 21.1. The van der Waals surface area contributed by atoms with Crippen molar-refractivity contribution in [1.82, 2.24) is 0 Å². The van der Waals surface area contributed by atoms with Crippen LogP contribution in [0.1, 0.15) is 35.7 Å². The third kappa shape index (κ3) is 4.85. The van der Waals surface area contributed by atoms with Gasteiger partial charge in [0.2, 0.25) is 0 Å². The molecule has 0 unspecified atom stereocenters. The van der Waals surface area contributed by atoms with Gasteiger partial charge in [0.15, 0.2) is 0 Å². The maximum atomic E-state index is 11.3. The molecule has 0 saturated heterocycles. The van der Waals surface area contributed by atoms with E-state index in [1.165, 1.54) is 0 Å². The van der Waals surface area contributed by atoms with Crippen LogP contribution in [0, 0.1) is 7.14 Å². The van der Waals surface area contributed by atoms with E-state index in [4.69, 9.17) is 9.47 Å². The monoisotopic (exact) mass is 614 g/mol. The van der Waals surface area contributed by atoms with Crippen LogP contribution in [0.15, 0.2) is 54.6 Å². The van der Waals surface area contributed by atoms with Crippen LogP contribution in [0.3, 0.4) is 0 Å². The molecule has 3 rings (SSSR count). The molecule has 0 aliphatic carbocycles. The van der Waals surface area contributed by atoms with Gasteiger partial charge in [-0.1, -0.05) is 26.0 Å². The third-order valence-electron chi connectivity index (χ3n) is 4.52. The van der Waals surface area contributed by atoms with E-state index in [1.54, 1.807) is 25.3 Å². The predicted octanol–water partition coefficient (Wildman–Crippen LogP) is 7.19. The number of carboxylic acid groups (broad SMARTS) is 1. The number of rotatable bonds is 6. The lowest BCUT2D eigenvalue weighted by molar-refractivity contribution is 0.0697. The molecule has 4 nitrogen and oxygen atoms in total. The van der Waals surface area contributed by atoms with Gasteiger partial charge in [-0.25, -0.2) is 4.79 Å². The Hall–Kier alpha value is -1.81. The van der Waals surface area contributed by atoms with E-state index in [9.17, 15) is 9.90 Å². The first-order chi connectivity index (χ1) is 13.8. The standard InChI is InChI=1S/C23H20I2O4/c1-13(2)18-12-16(7-9-19(18)28-3)29-20-10-8-17(21(24)22(20)25)14-5-4-6-15(11-14)23(26)27/h4-13H,1-3H3,(H,26,27). The van der Waals surface area contributed by atoms with Gasteiger partial charge in [0.25, 0.3) is 0 Å². The molecule has 0 saturated carbocycles. The Labute approximate surface area is 197 Å². The van der Waals surface area contributed by atoms with E-state index >= 15 is 0 Å². The Bertz CT molecular complexity index is 1060. The minimum absolute atomic E-state index is 0.271. The Balaban J connectivity index is 1.96. The van der Waals surface area contributed by atoms with Crippen LogP contribution >= 0.6 is 45.2 Å². The zero-order valence-electron chi connectivity index (χ0n) is 16.2. The first-order valence-corrected chi connectivity index (χ1v) is 11.1. The summed E-state index contributed by atoms with van der Waals surface area (Å²) in [6.45, 7) is 4.24. The quantitative estimate of drug-likeness (QED) is 0.299. The summed E-state index contributed by atoms with van der Waals surface area (Å²) < 4.78 is 13.6. The summed E-state index contributed by atoms with van der Waals surface area (Å²) in [4.78, 5) is 11.3. The molecule has 0 atom stereocenters. The van der Waals surface area contributed by atoms with E-state index in [0.717, 1.165) is 41.1 Å². The van der Waals surface area contributed by atoms with E-state index < -0.39 is 5.97 Å². The van der Waals surface area contributed by atoms with Crippen molar-refractivity contribution in [3.8, 4) is 28.4 Å². The van der Waals surface area contributed by atoms with Crippen molar-refractivity contribution in [3.05, 3.63) is 72.9 Å². The largest absolute Gasteiger partial charge is 0.496 e. The highest BCUT2D eigenvalue weighted by molar-refractivity contribution is 14.1. The predicted molar refractivity (Wildman–Crippen MR) is 131 cm³/mol. The third-order valence-corrected chi connectivity index (χ3v) is 7.74. The number of ether oxygens (including phenoxy) is 2. The summed E-state index contributed by atoms with van der Waals surface area (Å²) in [7, 11) is 1.67. The first-order valence-electron chi connectivity index (χ1n) is 8.99. The van der Waals surface area contributed by atoms with E-state index in [1.807, 2.05) is 36.4 Å². The maximum absolute atomic E-state index is 11.3. The van der Waals surface area contributed by atoms with Crippen LogP contribution in [0.5, 0.6) is 17.2 Å². The lowest BCUT2D eigenvalue weighted by Crippen LogP contribution is -1.98. The maximum Gasteiger partial charge on any atom is 0.335 e. The molecular formula is C23H20I2O4.